The smallest absolute Gasteiger partial charge is 0.144 e. The predicted octanol–water partition coefficient (Wildman–Crippen LogP) is 4.05. The van der Waals surface area contributed by atoms with Crippen molar-refractivity contribution in [1.29, 1.82) is 0 Å². The summed E-state index contributed by atoms with van der Waals surface area (Å²) in [7, 11) is 0. The van der Waals surface area contributed by atoms with Gasteiger partial charge in [-0.3, -0.25) is 4.57 Å². The Balaban J connectivity index is 1.84. The largest absolute Gasteiger partial charge is 0.318 e. The number of aryl methyl sites for hydroxylation is 3. The van der Waals surface area contributed by atoms with E-state index in [0.29, 0.717) is 0 Å². The summed E-state index contributed by atoms with van der Waals surface area (Å²) in [4.78, 5) is 4.58. The molecule has 0 spiro atoms. The molecule has 0 radical (unpaired) electrons. The number of aromatic nitrogens is 5. The maximum Gasteiger partial charge on any atom is 0.144 e. The van der Waals surface area contributed by atoms with Crippen LogP contribution >= 0.6 is 0 Å². The molecule has 3 aromatic heterocycles. The summed E-state index contributed by atoms with van der Waals surface area (Å²) in [6.45, 7) is 6.19. The summed E-state index contributed by atoms with van der Waals surface area (Å²) in [5.41, 5.74) is 6.48. The second kappa shape index (κ2) is 6.02. The van der Waals surface area contributed by atoms with E-state index < -0.39 is 0 Å². The lowest BCUT2D eigenvalue weighted by atomic mass is 10.1. The summed E-state index contributed by atoms with van der Waals surface area (Å²) in [6, 6.07) is 14.7. The van der Waals surface area contributed by atoms with E-state index in [-0.39, 0.29) is 0 Å². The normalized spacial score (nSPS) is 11.0. The molecule has 0 N–H and O–H groups in total. The Morgan fingerprint density at radius 3 is 2.44 bits per heavy atom. The van der Waals surface area contributed by atoms with Crippen molar-refractivity contribution in [3.05, 3.63) is 78.1 Å². The van der Waals surface area contributed by atoms with Gasteiger partial charge in [0.05, 0.1) is 17.6 Å². The summed E-state index contributed by atoms with van der Waals surface area (Å²) in [5, 5.41) is 8.09. The molecule has 0 saturated heterocycles. The van der Waals surface area contributed by atoms with Crippen LogP contribution in [0.3, 0.4) is 0 Å². The zero-order chi connectivity index (χ0) is 17.4. The van der Waals surface area contributed by atoms with Crippen molar-refractivity contribution in [1.82, 2.24) is 24.3 Å². The third-order valence-electron chi connectivity index (χ3n) is 4.41. The Morgan fingerprint density at radius 2 is 1.68 bits per heavy atom. The van der Waals surface area contributed by atoms with Crippen LogP contribution in [0.15, 0.2) is 61.1 Å². The number of benzene rings is 1. The fourth-order valence-electron chi connectivity index (χ4n) is 3.22. The highest BCUT2D eigenvalue weighted by Crippen LogP contribution is 2.25. The summed E-state index contributed by atoms with van der Waals surface area (Å²) >= 11 is 0. The SMILES string of the molecule is Cc1nnccc1-n1ccnc1-c1cccc(-n2c(C)ccc2C)c1. The summed E-state index contributed by atoms with van der Waals surface area (Å²) < 4.78 is 4.30. The molecule has 0 aliphatic carbocycles. The van der Waals surface area contributed by atoms with Crippen molar-refractivity contribution in [2.75, 3.05) is 0 Å². The molecular formula is C20H19N5. The highest BCUT2D eigenvalue weighted by atomic mass is 15.1. The topological polar surface area (TPSA) is 48.5 Å². The molecule has 0 unspecified atom stereocenters. The maximum absolute atomic E-state index is 4.58. The third-order valence-corrected chi connectivity index (χ3v) is 4.41. The van der Waals surface area contributed by atoms with Crippen LogP contribution in [0.2, 0.25) is 0 Å². The monoisotopic (exact) mass is 329 g/mol. The number of hydrogen-bond donors (Lipinski definition) is 0. The van der Waals surface area contributed by atoms with E-state index in [4.69, 9.17) is 0 Å². The number of hydrogen-bond acceptors (Lipinski definition) is 3. The van der Waals surface area contributed by atoms with Crippen LogP contribution in [-0.2, 0) is 0 Å². The third kappa shape index (κ3) is 2.63. The minimum absolute atomic E-state index is 0.870. The van der Waals surface area contributed by atoms with Crippen LogP contribution in [0.4, 0.5) is 0 Å². The van der Waals surface area contributed by atoms with Gasteiger partial charge in [-0.1, -0.05) is 12.1 Å². The van der Waals surface area contributed by atoms with Crippen molar-refractivity contribution in [3.8, 4) is 22.8 Å². The van der Waals surface area contributed by atoms with Gasteiger partial charge < -0.3 is 4.57 Å². The molecule has 0 fully saturated rings. The average Bonchev–Trinajstić information content (AvgIpc) is 3.22. The fourth-order valence-corrected chi connectivity index (χ4v) is 3.22. The van der Waals surface area contributed by atoms with E-state index in [1.165, 1.54) is 11.4 Å². The lowest BCUT2D eigenvalue weighted by Gasteiger charge is -2.13. The van der Waals surface area contributed by atoms with Crippen LogP contribution < -0.4 is 0 Å². The Labute approximate surface area is 146 Å². The fraction of sp³-hybridized carbons (Fsp3) is 0.150. The van der Waals surface area contributed by atoms with Crippen molar-refractivity contribution in [2.45, 2.75) is 20.8 Å². The Bertz CT molecular complexity index is 1020. The van der Waals surface area contributed by atoms with E-state index in [1.54, 1.807) is 6.20 Å². The first-order chi connectivity index (χ1) is 12.1. The molecule has 3 heterocycles. The van der Waals surface area contributed by atoms with Crippen molar-refractivity contribution >= 4 is 0 Å². The molecule has 124 valence electrons. The van der Waals surface area contributed by atoms with Gasteiger partial charge in [0.15, 0.2) is 0 Å². The van der Waals surface area contributed by atoms with Gasteiger partial charge in [0.25, 0.3) is 0 Å². The first-order valence-electron chi connectivity index (χ1n) is 8.23. The quantitative estimate of drug-likeness (QED) is 0.570. The van der Waals surface area contributed by atoms with E-state index in [2.05, 4.69) is 74.6 Å². The van der Waals surface area contributed by atoms with E-state index in [1.807, 2.05) is 25.4 Å². The lowest BCUT2D eigenvalue weighted by molar-refractivity contribution is 0.929. The molecular weight excluding hydrogens is 310 g/mol. The van der Waals surface area contributed by atoms with Gasteiger partial charge in [-0.05, 0) is 51.1 Å². The predicted molar refractivity (Wildman–Crippen MR) is 98.1 cm³/mol. The van der Waals surface area contributed by atoms with Crippen LogP contribution in [0.1, 0.15) is 17.1 Å². The molecule has 25 heavy (non-hydrogen) atoms. The van der Waals surface area contributed by atoms with Crippen molar-refractivity contribution in [3.63, 3.8) is 0 Å². The second-order valence-electron chi connectivity index (χ2n) is 6.12. The Morgan fingerprint density at radius 1 is 0.880 bits per heavy atom. The molecule has 0 saturated carbocycles. The van der Waals surface area contributed by atoms with E-state index >= 15 is 0 Å². The van der Waals surface area contributed by atoms with Gasteiger partial charge in [-0.2, -0.15) is 10.2 Å². The van der Waals surface area contributed by atoms with E-state index in [9.17, 15) is 0 Å². The van der Waals surface area contributed by atoms with Gasteiger partial charge in [-0.15, -0.1) is 0 Å². The molecule has 0 amide bonds. The zero-order valence-corrected chi connectivity index (χ0v) is 14.5. The van der Waals surface area contributed by atoms with E-state index in [0.717, 1.165) is 28.5 Å². The molecule has 1 aromatic carbocycles. The molecule has 4 aromatic rings. The van der Waals surface area contributed by atoms with Crippen molar-refractivity contribution in [2.24, 2.45) is 0 Å². The minimum Gasteiger partial charge on any atom is -0.318 e. The molecule has 0 bridgehead atoms. The standard InChI is InChI=1S/C20H19N5/c1-14-7-8-15(2)25(14)18-6-4-5-17(13-18)20-21-11-12-24(20)19-9-10-22-23-16(19)3/h4-13H,1-3H3. The summed E-state index contributed by atoms with van der Waals surface area (Å²) in [5.74, 6) is 0.889. The van der Waals surface area contributed by atoms with Crippen LogP contribution in [0.5, 0.6) is 0 Å². The minimum atomic E-state index is 0.870. The molecule has 0 aliphatic heterocycles. The number of imidazole rings is 1. The number of rotatable bonds is 3. The highest BCUT2D eigenvalue weighted by Gasteiger charge is 2.12. The highest BCUT2D eigenvalue weighted by molar-refractivity contribution is 5.62. The Hall–Kier alpha value is -3.21. The first kappa shape index (κ1) is 15.3. The van der Waals surface area contributed by atoms with Gasteiger partial charge in [0.2, 0.25) is 0 Å². The van der Waals surface area contributed by atoms with Crippen LogP contribution in [0.25, 0.3) is 22.8 Å². The van der Waals surface area contributed by atoms with Crippen LogP contribution in [0, 0.1) is 20.8 Å². The van der Waals surface area contributed by atoms with Gasteiger partial charge in [0.1, 0.15) is 5.82 Å². The molecule has 4 rings (SSSR count). The van der Waals surface area contributed by atoms with Crippen LogP contribution in [-0.4, -0.2) is 24.3 Å². The second-order valence-corrected chi connectivity index (χ2v) is 6.12. The number of nitrogens with zero attached hydrogens (tertiary/aromatic N) is 5. The molecule has 5 heteroatoms. The van der Waals surface area contributed by atoms with Gasteiger partial charge >= 0.3 is 0 Å². The van der Waals surface area contributed by atoms with Gasteiger partial charge in [0, 0.05) is 35.0 Å². The average molecular weight is 329 g/mol. The summed E-state index contributed by atoms with van der Waals surface area (Å²) in [6.07, 6.45) is 5.47. The Kier molecular flexibility index (Phi) is 3.69. The lowest BCUT2D eigenvalue weighted by Crippen LogP contribution is -2.02. The molecule has 5 nitrogen and oxygen atoms in total. The zero-order valence-electron chi connectivity index (χ0n) is 14.5. The maximum atomic E-state index is 4.58. The molecule has 0 aliphatic rings. The van der Waals surface area contributed by atoms with Gasteiger partial charge in [-0.25, -0.2) is 4.98 Å². The first-order valence-corrected chi connectivity index (χ1v) is 8.23. The van der Waals surface area contributed by atoms with Crippen molar-refractivity contribution < 1.29 is 0 Å². The molecule has 0 atom stereocenters.